The number of amides is 1. The summed E-state index contributed by atoms with van der Waals surface area (Å²) in [5, 5.41) is 4.28. The maximum absolute atomic E-state index is 12.8. The van der Waals surface area contributed by atoms with Crippen molar-refractivity contribution in [2.75, 3.05) is 45.9 Å². The van der Waals surface area contributed by atoms with Gasteiger partial charge in [0.2, 0.25) is 0 Å². The predicted octanol–water partition coefficient (Wildman–Crippen LogP) is 1.52. The van der Waals surface area contributed by atoms with E-state index >= 15 is 0 Å². The Hall–Kier alpha value is -1.92. The molecule has 0 aliphatic carbocycles. The normalized spacial score (nSPS) is 20.6. The first kappa shape index (κ1) is 15.6. The number of carbonyl (C=O) groups excluding carboxylic acids is 1. The fourth-order valence-corrected chi connectivity index (χ4v) is 3.74. The molecule has 4 heterocycles. The van der Waals surface area contributed by atoms with Crippen molar-refractivity contribution in [3.8, 4) is 0 Å². The van der Waals surface area contributed by atoms with Crippen LogP contribution in [0, 0.1) is 5.92 Å². The van der Waals surface area contributed by atoms with Crippen molar-refractivity contribution in [2.45, 2.75) is 12.8 Å². The number of pyridine rings is 1. The van der Waals surface area contributed by atoms with Gasteiger partial charge in [-0.15, -0.1) is 0 Å². The second-order valence-corrected chi connectivity index (χ2v) is 6.74. The van der Waals surface area contributed by atoms with E-state index in [9.17, 15) is 4.79 Å². The van der Waals surface area contributed by atoms with E-state index in [0.29, 0.717) is 11.5 Å². The molecule has 2 aliphatic heterocycles. The molecule has 2 saturated heterocycles. The molecule has 0 N–H and O–H groups in total. The first-order valence-corrected chi connectivity index (χ1v) is 8.83. The van der Waals surface area contributed by atoms with Gasteiger partial charge in [-0.1, -0.05) is 6.07 Å². The lowest BCUT2D eigenvalue weighted by atomic mass is 9.95. The van der Waals surface area contributed by atoms with Crippen LogP contribution in [0.3, 0.4) is 0 Å². The summed E-state index contributed by atoms with van der Waals surface area (Å²) >= 11 is 0. The highest BCUT2D eigenvalue weighted by atomic mass is 16.5. The topological polar surface area (TPSA) is 50.1 Å². The highest BCUT2D eigenvalue weighted by molar-refractivity contribution is 6.00. The Kier molecular flexibility index (Phi) is 4.49. The summed E-state index contributed by atoms with van der Waals surface area (Å²) in [4.78, 5) is 17.3. The first-order chi connectivity index (χ1) is 11.8. The summed E-state index contributed by atoms with van der Waals surface area (Å²) in [6.07, 6.45) is 5.74. The Morgan fingerprint density at radius 3 is 2.75 bits per heavy atom. The quantitative estimate of drug-likeness (QED) is 0.857. The molecule has 2 aromatic heterocycles. The summed E-state index contributed by atoms with van der Waals surface area (Å²) in [6.45, 7) is 6.62. The Bertz CT molecular complexity index is 700. The van der Waals surface area contributed by atoms with Crippen molar-refractivity contribution in [1.82, 2.24) is 19.4 Å². The SMILES string of the molecule is O=C(c1cnn2ccccc12)N1CCC(CN2CCOCC2)CC1. The molecule has 24 heavy (non-hydrogen) atoms. The molecule has 0 aromatic carbocycles. The molecule has 128 valence electrons. The maximum atomic E-state index is 12.8. The van der Waals surface area contributed by atoms with E-state index in [1.165, 1.54) is 0 Å². The molecule has 0 atom stereocenters. The molecule has 2 fully saturated rings. The van der Waals surface area contributed by atoms with E-state index in [0.717, 1.165) is 64.3 Å². The Labute approximate surface area is 142 Å². The number of carbonyl (C=O) groups is 1. The highest BCUT2D eigenvalue weighted by Gasteiger charge is 2.26. The molecule has 2 aliphatic rings. The number of morpholine rings is 1. The molecular weight excluding hydrogens is 304 g/mol. The largest absolute Gasteiger partial charge is 0.379 e. The van der Waals surface area contributed by atoms with Crippen LogP contribution in [0.4, 0.5) is 0 Å². The van der Waals surface area contributed by atoms with Crippen LogP contribution < -0.4 is 0 Å². The van der Waals surface area contributed by atoms with Gasteiger partial charge in [0.1, 0.15) is 0 Å². The van der Waals surface area contributed by atoms with Crippen LogP contribution >= 0.6 is 0 Å². The molecule has 4 rings (SSSR count). The summed E-state index contributed by atoms with van der Waals surface area (Å²) < 4.78 is 7.17. The zero-order valence-corrected chi connectivity index (χ0v) is 13.9. The molecule has 2 aromatic rings. The van der Waals surface area contributed by atoms with Crippen molar-refractivity contribution in [2.24, 2.45) is 5.92 Å². The van der Waals surface area contributed by atoms with Crippen molar-refractivity contribution in [1.29, 1.82) is 0 Å². The standard InChI is InChI=1S/C18H24N4O2/c23-18(16-13-19-22-6-2-1-3-17(16)22)21-7-4-15(5-8-21)14-20-9-11-24-12-10-20/h1-3,6,13,15H,4-5,7-12,14H2. The number of ether oxygens (including phenoxy) is 1. The molecule has 6 heteroatoms. The first-order valence-electron chi connectivity index (χ1n) is 8.83. The maximum Gasteiger partial charge on any atom is 0.257 e. The van der Waals surface area contributed by atoms with Crippen LogP contribution in [-0.2, 0) is 4.74 Å². The number of piperidine rings is 1. The number of rotatable bonds is 3. The second-order valence-electron chi connectivity index (χ2n) is 6.74. The van der Waals surface area contributed by atoms with Crippen LogP contribution in [0.5, 0.6) is 0 Å². The smallest absolute Gasteiger partial charge is 0.257 e. The summed E-state index contributed by atoms with van der Waals surface area (Å²) in [5.74, 6) is 0.803. The molecule has 0 radical (unpaired) electrons. The molecule has 0 spiro atoms. The molecular formula is C18H24N4O2. The van der Waals surface area contributed by atoms with Gasteiger partial charge in [-0.2, -0.15) is 5.10 Å². The van der Waals surface area contributed by atoms with Gasteiger partial charge in [-0.25, -0.2) is 4.52 Å². The van der Waals surface area contributed by atoms with Crippen LogP contribution in [0.2, 0.25) is 0 Å². The molecule has 6 nitrogen and oxygen atoms in total. The van der Waals surface area contributed by atoms with Gasteiger partial charge in [-0.05, 0) is 30.9 Å². The van der Waals surface area contributed by atoms with E-state index in [4.69, 9.17) is 4.74 Å². The van der Waals surface area contributed by atoms with Crippen molar-refractivity contribution >= 4 is 11.4 Å². The van der Waals surface area contributed by atoms with Crippen LogP contribution in [0.15, 0.2) is 30.6 Å². The van der Waals surface area contributed by atoms with E-state index < -0.39 is 0 Å². The summed E-state index contributed by atoms with van der Waals surface area (Å²) in [6, 6.07) is 5.82. The predicted molar refractivity (Wildman–Crippen MR) is 91.1 cm³/mol. The third-order valence-corrected chi connectivity index (χ3v) is 5.18. The second kappa shape index (κ2) is 6.91. The lowest BCUT2D eigenvalue weighted by Gasteiger charge is -2.36. The lowest BCUT2D eigenvalue weighted by molar-refractivity contribution is 0.0243. The van der Waals surface area contributed by atoms with Gasteiger partial charge in [0.25, 0.3) is 5.91 Å². The van der Waals surface area contributed by atoms with Crippen LogP contribution in [0.25, 0.3) is 5.52 Å². The average molecular weight is 328 g/mol. The lowest BCUT2D eigenvalue weighted by Crippen LogP contribution is -2.44. The molecule has 0 bridgehead atoms. The van der Waals surface area contributed by atoms with Crippen LogP contribution in [-0.4, -0.2) is 71.3 Å². The minimum Gasteiger partial charge on any atom is -0.379 e. The minimum absolute atomic E-state index is 0.112. The summed E-state index contributed by atoms with van der Waals surface area (Å²) in [7, 11) is 0. The third kappa shape index (κ3) is 3.16. The molecule has 0 unspecified atom stereocenters. The Balaban J connectivity index is 1.36. The number of hydrogen-bond acceptors (Lipinski definition) is 4. The van der Waals surface area contributed by atoms with Crippen molar-refractivity contribution in [3.05, 3.63) is 36.2 Å². The third-order valence-electron chi connectivity index (χ3n) is 5.18. The average Bonchev–Trinajstić information content (AvgIpc) is 3.07. The summed E-state index contributed by atoms with van der Waals surface area (Å²) in [5.41, 5.74) is 1.60. The number of hydrogen-bond donors (Lipinski definition) is 0. The van der Waals surface area contributed by atoms with E-state index in [1.807, 2.05) is 29.3 Å². The Morgan fingerprint density at radius 2 is 1.96 bits per heavy atom. The molecule has 1 amide bonds. The number of nitrogens with zero attached hydrogens (tertiary/aromatic N) is 4. The zero-order valence-electron chi connectivity index (χ0n) is 13.9. The fraction of sp³-hybridized carbons (Fsp3) is 0.556. The molecule has 0 saturated carbocycles. The number of fused-ring (bicyclic) bond motifs is 1. The van der Waals surface area contributed by atoms with Crippen molar-refractivity contribution in [3.63, 3.8) is 0 Å². The van der Waals surface area contributed by atoms with Gasteiger partial charge in [0.05, 0.1) is 30.5 Å². The van der Waals surface area contributed by atoms with Gasteiger partial charge in [0, 0.05) is 38.9 Å². The van der Waals surface area contributed by atoms with Gasteiger partial charge in [-0.3, -0.25) is 9.69 Å². The Morgan fingerprint density at radius 1 is 1.17 bits per heavy atom. The zero-order chi connectivity index (χ0) is 16.4. The van der Waals surface area contributed by atoms with Crippen molar-refractivity contribution < 1.29 is 9.53 Å². The van der Waals surface area contributed by atoms with Crippen LogP contribution in [0.1, 0.15) is 23.2 Å². The van der Waals surface area contributed by atoms with Gasteiger partial charge >= 0.3 is 0 Å². The minimum atomic E-state index is 0.112. The highest BCUT2D eigenvalue weighted by Crippen LogP contribution is 2.22. The monoisotopic (exact) mass is 328 g/mol. The number of aromatic nitrogens is 2. The van der Waals surface area contributed by atoms with E-state index in [2.05, 4.69) is 10.00 Å². The number of likely N-dealkylation sites (tertiary alicyclic amines) is 1. The van der Waals surface area contributed by atoms with Gasteiger partial charge < -0.3 is 9.64 Å². The van der Waals surface area contributed by atoms with E-state index in [1.54, 1.807) is 10.7 Å². The fourth-order valence-electron chi connectivity index (χ4n) is 3.74. The van der Waals surface area contributed by atoms with Gasteiger partial charge in [0.15, 0.2) is 0 Å². The van der Waals surface area contributed by atoms with E-state index in [-0.39, 0.29) is 5.91 Å².